The number of hydrogen-bond donors (Lipinski definition) is 1. The largest absolute Gasteiger partial charge is 0.385 e. The van der Waals surface area contributed by atoms with Crippen LogP contribution in [0, 0.1) is 0 Å². The summed E-state index contributed by atoms with van der Waals surface area (Å²) in [5.74, 6) is 0. The van der Waals surface area contributed by atoms with Crippen LogP contribution < -0.4 is 10.2 Å². The van der Waals surface area contributed by atoms with Gasteiger partial charge in [-0.2, -0.15) is 0 Å². The van der Waals surface area contributed by atoms with Gasteiger partial charge in [-0.05, 0) is 31.2 Å². The van der Waals surface area contributed by atoms with Crippen LogP contribution in [-0.4, -0.2) is 32.8 Å². The molecule has 0 bridgehead atoms. The summed E-state index contributed by atoms with van der Waals surface area (Å²) in [5, 5.41) is 3.29. The lowest BCUT2D eigenvalue weighted by molar-refractivity contribution is 0.122. The number of nitrogens with zero attached hydrogens (tertiary/aromatic N) is 1. The molecule has 0 spiro atoms. The number of ether oxygens (including phenoxy) is 1. The molecular weight excluding hydrogens is 259 g/mol. The number of anilines is 2. The van der Waals surface area contributed by atoms with Gasteiger partial charge in [0.15, 0.2) is 0 Å². The van der Waals surface area contributed by atoms with E-state index < -0.39 is 0 Å². The normalized spacial score (nSPS) is 14.5. The van der Waals surface area contributed by atoms with Crippen molar-refractivity contribution in [1.29, 1.82) is 0 Å². The molecule has 98 valence electrons. The molecule has 1 aliphatic heterocycles. The lowest BCUT2D eigenvalue weighted by atomic mass is 10.2. The first-order valence-electron chi connectivity index (χ1n) is 5.57. The highest BCUT2D eigenvalue weighted by Crippen LogP contribution is 2.18. The molecule has 0 atom stereocenters. The Morgan fingerprint density at radius 1 is 1.12 bits per heavy atom. The summed E-state index contributed by atoms with van der Waals surface area (Å²) >= 11 is 0. The fourth-order valence-electron chi connectivity index (χ4n) is 1.82. The quantitative estimate of drug-likeness (QED) is 0.920. The van der Waals surface area contributed by atoms with Crippen molar-refractivity contribution in [3.63, 3.8) is 0 Å². The molecule has 2 rings (SSSR count). The van der Waals surface area contributed by atoms with Gasteiger partial charge < -0.3 is 15.0 Å². The summed E-state index contributed by atoms with van der Waals surface area (Å²) in [6.07, 6.45) is 0. The third-order valence-corrected chi connectivity index (χ3v) is 2.62. The molecule has 1 aromatic rings. The van der Waals surface area contributed by atoms with Crippen LogP contribution in [0.2, 0.25) is 0 Å². The van der Waals surface area contributed by atoms with E-state index in [1.165, 1.54) is 11.4 Å². The highest BCUT2D eigenvalue weighted by molar-refractivity contribution is 5.85. The minimum absolute atomic E-state index is 0. The second-order valence-electron chi connectivity index (χ2n) is 3.68. The van der Waals surface area contributed by atoms with E-state index in [1.807, 2.05) is 0 Å². The molecule has 0 unspecified atom stereocenters. The Balaban J connectivity index is 0.00000128. The first kappa shape index (κ1) is 16.4. The van der Waals surface area contributed by atoms with Crippen LogP contribution in [0.4, 0.5) is 11.4 Å². The van der Waals surface area contributed by atoms with Gasteiger partial charge in [0.2, 0.25) is 0 Å². The predicted octanol–water partition coefficient (Wildman–Crippen LogP) is 2.80. The number of nitrogens with one attached hydrogen (secondary N) is 1. The van der Waals surface area contributed by atoms with Crippen LogP contribution in [-0.2, 0) is 4.74 Å². The number of rotatable bonds is 3. The van der Waals surface area contributed by atoms with Gasteiger partial charge >= 0.3 is 0 Å². The van der Waals surface area contributed by atoms with E-state index in [0.29, 0.717) is 0 Å². The standard InChI is InChI=1S/C12H18N2O.2ClH/c1-2-13-11-3-5-12(6-4-11)14-7-9-15-10-8-14;;/h3-6,13H,2,7-10H2,1H3;2*1H. The molecule has 17 heavy (non-hydrogen) atoms. The summed E-state index contributed by atoms with van der Waals surface area (Å²) in [6, 6.07) is 8.61. The van der Waals surface area contributed by atoms with E-state index in [-0.39, 0.29) is 24.8 Å². The van der Waals surface area contributed by atoms with Gasteiger partial charge in [-0.1, -0.05) is 0 Å². The highest BCUT2D eigenvalue weighted by atomic mass is 35.5. The van der Waals surface area contributed by atoms with Gasteiger partial charge in [0.25, 0.3) is 0 Å². The zero-order valence-electron chi connectivity index (χ0n) is 10.0. The zero-order valence-corrected chi connectivity index (χ0v) is 11.6. The van der Waals surface area contributed by atoms with Crippen molar-refractivity contribution in [2.24, 2.45) is 0 Å². The van der Waals surface area contributed by atoms with Gasteiger partial charge in [-0.25, -0.2) is 0 Å². The fraction of sp³-hybridized carbons (Fsp3) is 0.500. The number of halogens is 2. The van der Waals surface area contributed by atoms with Crippen molar-refractivity contribution >= 4 is 36.2 Å². The monoisotopic (exact) mass is 278 g/mol. The average molecular weight is 279 g/mol. The molecule has 3 nitrogen and oxygen atoms in total. The van der Waals surface area contributed by atoms with E-state index in [9.17, 15) is 0 Å². The summed E-state index contributed by atoms with van der Waals surface area (Å²) in [4.78, 5) is 2.36. The van der Waals surface area contributed by atoms with E-state index in [1.54, 1.807) is 0 Å². The van der Waals surface area contributed by atoms with E-state index >= 15 is 0 Å². The van der Waals surface area contributed by atoms with Gasteiger partial charge in [0.1, 0.15) is 0 Å². The third kappa shape index (κ3) is 4.62. The Kier molecular flexibility index (Phi) is 8.13. The predicted molar refractivity (Wildman–Crippen MR) is 78.1 cm³/mol. The lowest BCUT2D eigenvalue weighted by Crippen LogP contribution is -2.36. The van der Waals surface area contributed by atoms with Crippen LogP contribution in [0.15, 0.2) is 24.3 Å². The van der Waals surface area contributed by atoms with Crippen molar-refractivity contribution < 1.29 is 4.74 Å². The zero-order chi connectivity index (χ0) is 10.5. The molecule has 1 N–H and O–H groups in total. The smallest absolute Gasteiger partial charge is 0.0642 e. The molecule has 1 saturated heterocycles. The fourth-order valence-corrected chi connectivity index (χ4v) is 1.82. The Bertz CT molecular complexity index is 300. The second-order valence-corrected chi connectivity index (χ2v) is 3.68. The van der Waals surface area contributed by atoms with Crippen LogP contribution in [0.1, 0.15) is 6.92 Å². The third-order valence-electron chi connectivity index (χ3n) is 2.62. The van der Waals surface area contributed by atoms with Crippen molar-refractivity contribution in [2.45, 2.75) is 6.92 Å². The van der Waals surface area contributed by atoms with Gasteiger partial charge in [0.05, 0.1) is 13.2 Å². The van der Waals surface area contributed by atoms with Gasteiger partial charge in [0, 0.05) is 31.0 Å². The number of benzene rings is 1. The van der Waals surface area contributed by atoms with Crippen LogP contribution in [0.5, 0.6) is 0 Å². The summed E-state index contributed by atoms with van der Waals surface area (Å²) in [5.41, 5.74) is 2.48. The Morgan fingerprint density at radius 3 is 2.24 bits per heavy atom. The average Bonchev–Trinajstić information content (AvgIpc) is 2.32. The topological polar surface area (TPSA) is 24.5 Å². The molecule has 0 radical (unpaired) electrons. The molecular formula is C12H20Cl2N2O. The molecule has 0 aromatic heterocycles. The maximum atomic E-state index is 5.33. The van der Waals surface area contributed by atoms with Crippen LogP contribution in [0.25, 0.3) is 0 Å². The molecule has 1 aliphatic rings. The van der Waals surface area contributed by atoms with E-state index in [0.717, 1.165) is 32.8 Å². The molecule has 5 heteroatoms. The summed E-state index contributed by atoms with van der Waals surface area (Å²) < 4.78 is 5.33. The molecule has 1 heterocycles. The Morgan fingerprint density at radius 2 is 1.71 bits per heavy atom. The maximum Gasteiger partial charge on any atom is 0.0642 e. The molecule has 0 saturated carbocycles. The number of morpholine rings is 1. The Hall–Kier alpha value is -0.640. The van der Waals surface area contributed by atoms with Gasteiger partial charge in [-0.15, -0.1) is 24.8 Å². The van der Waals surface area contributed by atoms with Crippen molar-refractivity contribution in [1.82, 2.24) is 0 Å². The summed E-state index contributed by atoms with van der Waals surface area (Å²) in [7, 11) is 0. The van der Waals surface area contributed by atoms with Crippen LogP contribution in [0.3, 0.4) is 0 Å². The SMILES string of the molecule is CCNc1ccc(N2CCOCC2)cc1.Cl.Cl. The second kappa shape index (κ2) is 8.45. The first-order valence-corrected chi connectivity index (χ1v) is 5.57. The maximum absolute atomic E-state index is 5.33. The summed E-state index contributed by atoms with van der Waals surface area (Å²) in [6.45, 7) is 6.76. The minimum atomic E-state index is 0. The molecule has 0 aliphatic carbocycles. The molecule has 1 fully saturated rings. The van der Waals surface area contributed by atoms with Gasteiger partial charge in [-0.3, -0.25) is 0 Å². The van der Waals surface area contributed by atoms with Crippen molar-refractivity contribution in [3.05, 3.63) is 24.3 Å². The highest BCUT2D eigenvalue weighted by Gasteiger charge is 2.10. The Labute approximate surface area is 115 Å². The minimum Gasteiger partial charge on any atom is -0.385 e. The lowest BCUT2D eigenvalue weighted by Gasteiger charge is -2.28. The molecule has 1 aromatic carbocycles. The van der Waals surface area contributed by atoms with E-state index in [4.69, 9.17) is 4.74 Å². The number of hydrogen-bond acceptors (Lipinski definition) is 3. The van der Waals surface area contributed by atoms with E-state index in [2.05, 4.69) is 41.4 Å². The first-order chi connectivity index (χ1) is 7.40. The van der Waals surface area contributed by atoms with Crippen molar-refractivity contribution in [3.8, 4) is 0 Å². The van der Waals surface area contributed by atoms with Crippen molar-refractivity contribution in [2.75, 3.05) is 43.1 Å². The van der Waals surface area contributed by atoms with Crippen LogP contribution >= 0.6 is 24.8 Å². The molecule has 0 amide bonds.